The zero-order valence-electron chi connectivity index (χ0n) is 12.4. The number of benzene rings is 1. The second-order valence-electron chi connectivity index (χ2n) is 6.35. The van der Waals surface area contributed by atoms with Crippen molar-refractivity contribution in [2.24, 2.45) is 0 Å². The monoisotopic (exact) mass is 263 g/mol. The zero-order valence-corrected chi connectivity index (χ0v) is 12.4. The molecule has 1 N–H and O–H groups in total. The van der Waals surface area contributed by atoms with E-state index in [2.05, 4.69) is 51.2 Å². The SMILES string of the molecule is CC1COC(COc2cccc(C(C)(C)C)c2)CN1. The van der Waals surface area contributed by atoms with Crippen molar-refractivity contribution in [2.75, 3.05) is 19.8 Å². The lowest BCUT2D eigenvalue weighted by atomic mass is 9.87. The van der Waals surface area contributed by atoms with E-state index < -0.39 is 0 Å². The van der Waals surface area contributed by atoms with E-state index in [4.69, 9.17) is 9.47 Å². The van der Waals surface area contributed by atoms with Crippen molar-refractivity contribution in [1.29, 1.82) is 0 Å². The average Bonchev–Trinajstić information content (AvgIpc) is 2.37. The third-order valence-electron chi connectivity index (χ3n) is 3.41. The highest BCUT2D eigenvalue weighted by Gasteiger charge is 2.19. The van der Waals surface area contributed by atoms with E-state index in [1.165, 1.54) is 5.56 Å². The third kappa shape index (κ3) is 4.22. The number of rotatable bonds is 3. The Kier molecular flexibility index (Phi) is 4.48. The molecule has 0 radical (unpaired) electrons. The van der Waals surface area contributed by atoms with Gasteiger partial charge < -0.3 is 14.8 Å². The van der Waals surface area contributed by atoms with Crippen molar-refractivity contribution < 1.29 is 9.47 Å². The average molecular weight is 263 g/mol. The van der Waals surface area contributed by atoms with Crippen LogP contribution < -0.4 is 10.1 Å². The summed E-state index contributed by atoms with van der Waals surface area (Å²) in [7, 11) is 0. The second kappa shape index (κ2) is 5.93. The van der Waals surface area contributed by atoms with Crippen LogP contribution in [-0.4, -0.2) is 31.9 Å². The molecule has 1 heterocycles. The van der Waals surface area contributed by atoms with E-state index in [-0.39, 0.29) is 11.5 Å². The summed E-state index contributed by atoms with van der Waals surface area (Å²) in [5.74, 6) is 0.926. The molecule has 2 rings (SSSR count). The van der Waals surface area contributed by atoms with Crippen molar-refractivity contribution in [1.82, 2.24) is 5.32 Å². The molecule has 2 unspecified atom stereocenters. The maximum atomic E-state index is 5.85. The lowest BCUT2D eigenvalue weighted by Crippen LogP contribution is -2.46. The number of ether oxygens (including phenoxy) is 2. The molecule has 1 fully saturated rings. The van der Waals surface area contributed by atoms with Gasteiger partial charge >= 0.3 is 0 Å². The molecule has 0 bridgehead atoms. The van der Waals surface area contributed by atoms with Crippen LogP contribution in [0.4, 0.5) is 0 Å². The molecular weight excluding hydrogens is 238 g/mol. The summed E-state index contributed by atoms with van der Waals surface area (Å²) in [6.45, 7) is 11.0. The normalized spacial score (nSPS) is 24.2. The van der Waals surface area contributed by atoms with Gasteiger partial charge in [-0.05, 0) is 30.0 Å². The minimum atomic E-state index is 0.148. The number of hydrogen-bond donors (Lipinski definition) is 1. The minimum absolute atomic E-state index is 0.148. The maximum Gasteiger partial charge on any atom is 0.119 e. The van der Waals surface area contributed by atoms with Gasteiger partial charge in [-0.1, -0.05) is 32.9 Å². The number of morpholine rings is 1. The molecule has 2 atom stereocenters. The topological polar surface area (TPSA) is 30.5 Å². The van der Waals surface area contributed by atoms with E-state index in [0.717, 1.165) is 18.9 Å². The Morgan fingerprint density at radius 1 is 1.37 bits per heavy atom. The fourth-order valence-electron chi connectivity index (χ4n) is 2.08. The molecule has 1 saturated heterocycles. The lowest BCUT2D eigenvalue weighted by molar-refractivity contribution is -0.0165. The first-order valence-corrected chi connectivity index (χ1v) is 7.03. The van der Waals surface area contributed by atoms with Crippen LogP contribution in [0.15, 0.2) is 24.3 Å². The maximum absolute atomic E-state index is 5.85. The first-order valence-electron chi connectivity index (χ1n) is 7.03. The Morgan fingerprint density at radius 3 is 2.79 bits per heavy atom. The summed E-state index contributed by atoms with van der Waals surface area (Å²) < 4.78 is 11.6. The van der Waals surface area contributed by atoms with E-state index in [1.807, 2.05) is 6.07 Å². The predicted octanol–water partition coefficient (Wildman–Crippen LogP) is 2.74. The first-order chi connectivity index (χ1) is 8.95. The van der Waals surface area contributed by atoms with Crippen molar-refractivity contribution in [3.8, 4) is 5.75 Å². The van der Waals surface area contributed by atoms with Crippen LogP contribution in [0.3, 0.4) is 0 Å². The summed E-state index contributed by atoms with van der Waals surface area (Å²) in [6, 6.07) is 8.78. The number of nitrogens with one attached hydrogen (secondary N) is 1. The Hall–Kier alpha value is -1.06. The Bertz CT molecular complexity index is 403. The van der Waals surface area contributed by atoms with E-state index >= 15 is 0 Å². The summed E-state index contributed by atoms with van der Waals surface area (Å²) in [5, 5.41) is 3.40. The van der Waals surface area contributed by atoms with Gasteiger partial charge in [0.25, 0.3) is 0 Å². The first kappa shape index (κ1) is 14.4. The van der Waals surface area contributed by atoms with Gasteiger partial charge in [0, 0.05) is 12.6 Å². The third-order valence-corrected chi connectivity index (χ3v) is 3.41. The molecule has 3 heteroatoms. The second-order valence-corrected chi connectivity index (χ2v) is 6.35. The van der Waals surface area contributed by atoms with Crippen molar-refractivity contribution in [3.05, 3.63) is 29.8 Å². The highest BCUT2D eigenvalue weighted by Crippen LogP contribution is 2.25. The molecule has 19 heavy (non-hydrogen) atoms. The predicted molar refractivity (Wildman–Crippen MR) is 77.8 cm³/mol. The molecule has 1 aromatic carbocycles. The molecule has 0 amide bonds. The molecule has 1 aliphatic heterocycles. The van der Waals surface area contributed by atoms with Gasteiger partial charge in [0.1, 0.15) is 18.5 Å². The highest BCUT2D eigenvalue weighted by atomic mass is 16.5. The van der Waals surface area contributed by atoms with Crippen molar-refractivity contribution in [2.45, 2.75) is 45.3 Å². The molecule has 0 saturated carbocycles. The molecule has 0 spiro atoms. The Morgan fingerprint density at radius 2 is 2.16 bits per heavy atom. The van der Waals surface area contributed by atoms with Crippen LogP contribution in [0.5, 0.6) is 5.75 Å². The summed E-state index contributed by atoms with van der Waals surface area (Å²) >= 11 is 0. The fraction of sp³-hybridized carbons (Fsp3) is 0.625. The van der Waals surface area contributed by atoms with Crippen LogP contribution in [0.25, 0.3) is 0 Å². The molecule has 3 nitrogen and oxygen atoms in total. The summed E-state index contributed by atoms with van der Waals surface area (Å²) in [6.07, 6.45) is 0.148. The van der Waals surface area contributed by atoms with Gasteiger partial charge in [0.2, 0.25) is 0 Å². The van der Waals surface area contributed by atoms with Gasteiger partial charge in [-0.3, -0.25) is 0 Å². The van der Waals surface area contributed by atoms with Crippen LogP contribution in [0.2, 0.25) is 0 Å². The number of hydrogen-bond acceptors (Lipinski definition) is 3. The fourth-order valence-corrected chi connectivity index (χ4v) is 2.08. The van der Waals surface area contributed by atoms with E-state index in [9.17, 15) is 0 Å². The highest BCUT2D eigenvalue weighted by molar-refractivity contribution is 5.32. The molecule has 0 aliphatic carbocycles. The van der Waals surface area contributed by atoms with Crippen molar-refractivity contribution in [3.63, 3.8) is 0 Å². The van der Waals surface area contributed by atoms with Crippen LogP contribution >= 0.6 is 0 Å². The zero-order chi connectivity index (χ0) is 13.9. The smallest absolute Gasteiger partial charge is 0.119 e. The molecule has 0 aromatic heterocycles. The summed E-state index contributed by atoms with van der Waals surface area (Å²) in [4.78, 5) is 0. The van der Waals surface area contributed by atoms with E-state index in [1.54, 1.807) is 0 Å². The van der Waals surface area contributed by atoms with Crippen LogP contribution in [-0.2, 0) is 10.2 Å². The van der Waals surface area contributed by atoms with Gasteiger partial charge in [-0.15, -0.1) is 0 Å². The molecule has 1 aromatic rings. The van der Waals surface area contributed by atoms with Crippen molar-refractivity contribution >= 4 is 0 Å². The van der Waals surface area contributed by atoms with Crippen LogP contribution in [0, 0.1) is 0 Å². The van der Waals surface area contributed by atoms with Crippen LogP contribution in [0.1, 0.15) is 33.3 Å². The van der Waals surface area contributed by atoms with Gasteiger partial charge in [-0.25, -0.2) is 0 Å². The molecular formula is C16H25NO2. The quantitative estimate of drug-likeness (QED) is 0.909. The van der Waals surface area contributed by atoms with E-state index in [0.29, 0.717) is 12.6 Å². The Balaban J connectivity index is 1.89. The standard InChI is InChI=1S/C16H25NO2/c1-12-10-18-15(9-17-12)11-19-14-7-5-6-13(8-14)16(2,3)4/h5-8,12,15,17H,9-11H2,1-4H3. The minimum Gasteiger partial charge on any atom is -0.491 e. The molecule has 1 aliphatic rings. The van der Waals surface area contributed by atoms with Gasteiger partial charge in [-0.2, -0.15) is 0 Å². The molecule has 106 valence electrons. The summed E-state index contributed by atoms with van der Waals surface area (Å²) in [5.41, 5.74) is 1.44. The van der Waals surface area contributed by atoms with Gasteiger partial charge in [0.05, 0.1) is 6.61 Å². The van der Waals surface area contributed by atoms with Gasteiger partial charge in [0.15, 0.2) is 0 Å². The Labute approximate surface area is 116 Å². The largest absolute Gasteiger partial charge is 0.491 e. The lowest BCUT2D eigenvalue weighted by Gasteiger charge is -2.28.